The second kappa shape index (κ2) is 3.75. The number of rotatable bonds is 2. The molecule has 3 nitrogen and oxygen atoms in total. The minimum absolute atomic E-state index is 0.250. The fourth-order valence-corrected chi connectivity index (χ4v) is 1.56. The molecule has 0 saturated heterocycles. The Morgan fingerprint density at radius 2 is 2.31 bits per heavy atom. The number of halogens is 1. The lowest BCUT2D eigenvalue weighted by atomic mass is 10.1. The molecule has 4 heteroatoms. The lowest BCUT2D eigenvalue weighted by Crippen LogP contribution is -2.04. The van der Waals surface area contributed by atoms with Crippen LogP contribution in [-0.2, 0) is 6.42 Å². The van der Waals surface area contributed by atoms with E-state index in [1.807, 2.05) is 6.92 Å². The summed E-state index contributed by atoms with van der Waals surface area (Å²) in [7, 11) is 0. The number of aromatic nitrogens is 1. The lowest BCUT2D eigenvalue weighted by Gasteiger charge is -2.05. The minimum Gasteiger partial charge on any atom is -0.478 e. The Kier molecular flexibility index (Phi) is 2.88. The molecule has 13 heavy (non-hydrogen) atoms. The minimum atomic E-state index is -0.954. The van der Waals surface area contributed by atoms with E-state index in [2.05, 4.69) is 4.98 Å². The molecule has 0 spiro atoms. The maximum atomic E-state index is 10.8. The molecule has 1 heterocycles. The first kappa shape index (κ1) is 9.99. The Hall–Kier alpha value is -1.09. The zero-order chi connectivity index (χ0) is 10.0. The summed E-state index contributed by atoms with van der Waals surface area (Å²) in [6.07, 6.45) is 0.577. The highest BCUT2D eigenvalue weighted by Gasteiger charge is 2.13. The number of carboxylic acid groups (broad SMARTS) is 1. The van der Waals surface area contributed by atoms with Gasteiger partial charge >= 0.3 is 5.97 Å². The third-order valence-electron chi connectivity index (χ3n) is 1.79. The van der Waals surface area contributed by atoms with E-state index < -0.39 is 5.97 Å². The van der Waals surface area contributed by atoms with Crippen molar-refractivity contribution in [2.75, 3.05) is 0 Å². The van der Waals surface area contributed by atoms with Gasteiger partial charge in [-0.15, -0.1) is 0 Å². The van der Waals surface area contributed by atoms with Crippen LogP contribution in [0.4, 0.5) is 0 Å². The number of aryl methyl sites for hydroxylation is 1. The summed E-state index contributed by atoms with van der Waals surface area (Å²) in [5.41, 5.74) is 1.47. The number of nitrogens with zero attached hydrogens (tertiary/aromatic N) is 1. The summed E-state index contributed by atoms with van der Waals surface area (Å²) < 4.78 is 0. The van der Waals surface area contributed by atoms with E-state index in [4.69, 9.17) is 16.7 Å². The highest BCUT2D eigenvalue weighted by atomic mass is 35.5. The predicted octanol–water partition coefficient (Wildman–Crippen LogP) is 2.30. The van der Waals surface area contributed by atoms with Gasteiger partial charge in [0.25, 0.3) is 0 Å². The molecular weight excluding hydrogens is 190 g/mol. The topological polar surface area (TPSA) is 50.2 Å². The van der Waals surface area contributed by atoms with E-state index in [0.717, 1.165) is 0 Å². The van der Waals surface area contributed by atoms with Crippen molar-refractivity contribution in [3.63, 3.8) is 0 Å². The van der Waals surface area contributed by atoms with Crippen LogP contribution in [0.3, 0.4) is 0 Å². The molecule has 1 rings (SSSR count). The van der Waals surface area contributed by atoms with Crippen LogP contribution < -0.4 is 0 Å². The quantitative estimate of drug-likeness (QED) is 0.744. The first-order chi connectivity index (χ1) is 6.06. The van der Waals surface area contributed by atoms with Gasteiger partial charge in [-0.1, -0.05) is 18.5 Å². The molecule has 70 valence electrons. The smallest absolute Gasteiger partial charge is 0.336 e. The largest absolute Gasteiger partial charge is 0.478 e. The molecule has 0 amide bonds. The molecule has 0 unspecified atom stereocenters. The molecule has 1 N–H and O–H groups in total. The van der Waals surface area contributed by atoms with Crippen LogP contribution in [0.25, 0.3) is 0 Å². The van der Waals surface area contributed by atoms with Crippen molar-refractivity contribution in [2.45, 2.75) is 20.3 Å². The first-order valence-electron chi connectivity index (χ1n) is 3.95. The molecule has 0 aliphatic heterocycles. The number of hydrogen-bond acceptors (Lipinski definition) is 2. The molecule has 0 fully saturated rings. The van der Waals surface area contributed by atoms with Gasteiger partial charge in [0.15, 0.2) is 0 Å². The van der Waals surface area contributed by atoms with Gasteiger partial charge in [0.1, 0.15) is 5.15 Å². The molecule has 0 aliphatic rings. The molecule has 1 aromatic heterocycles. The Morgan fingerprint density at radius 1 is 1.69 bits per heavy atom. The third kappa shape index (κ3) is 1.98. The average molecular weight is 200 g/mol. The lowest BCUT2D eigenvalue weighted by molar-refractivity contribution is 0.0695. The molecule has 0 atom stereocenters. The highest BCUT2D eigenvalue weighted by Crippen LogP contribution is 2.19. The summed E-state index contributed by atoms with van der Waals surface area (Å²) >= 11 is 5.80. The normalized spacial score (nSPS) is 10.1. The van der Waals surface area contributed by atoms with Crippen LogP contribution in [0.1, 0.15) is 28.5 Å². The van der Waals surface area contributed by atoms with Crippen LogP contribution in [-0.4, -0.2) is 16.1 Å². The van der Waals surface area contributed by atoms with Crippen molar-refractivity contribution < 1.29 is 9.90 Å². The van der Waals surface area contributed by atoms with E-state index in [0.29, 0.717) is 22.8 Å². The Balaban J connectivity index is 3.38. The molecule has 0 radical (unpaired) electrons. The van der Waals surface area contributed by atoms with Gasteiger partial charge in [0.2, 0.25) is 0 Å². The zero-order valence-electron chi connectivity index (χ0n) is 7.47. The van der Waals surface area contributed by atoms with Crippen molar-refractivity contribution in [1.82, 2.24) is 4.98 Å². The van der Waals surface area contributed by atoms with Crippen molar-refractivity contribution in [3.05, 3.63) is 28.0 Å². The zero-order valence-corrected chi connectivity index (χ0v) is 8.22. The summed E-state index contributed by atoms with van der Waals surface area (Å²) in [5.74, 6) is -0.954. The SMILES string of the molecule is CCc1c(C(=O)O)cc(C)nc1Cl. The molecular formula is C9H10ClNO2. The van der Waals surface area contributed by atoms with Crippen molar-refractivity contribution in [2.24, 2.45) is 0 Å². The summed E-state index contributed by atoms with van der Waals surface area (Å²) in [6, 6.07) is 1.53. The van der Waals surface area contributed by atoms with Gasteiger partial charge in [-0.05, 0) is 19.4 Å². The Bertz CT molecular complexity index is 350. The van der Waals surface area contributed by atoms with E-state index >= 15 is 0 Å². The number of carbonyl (C=O) groups is 1. The second-order valence-electron chi connectivity index (χ2n) is 2.74. The highest BCUT2D eigenvalue weighted by molar-refractivity contribution is 6.30. The molecule has 1 aromatic rings. The van der Waals surface area contributed by atoms with Crippen LogP contribution >= 0.6 is 11.6 Å². The van der Waals surface area contributed by atoms with Crippen molar-refractivity contribution >= 4 is 17.6 Å². The van der Waals surface area contributed by atoms with Crippen molar-refractivity contribution in [3.8, 4) is 0 Å². The van der Waals surface area contributed by atoms with Crippen molar-refractivity contribution in [1.29, 1.82) is 0 Å². The van der Waals surface area contributed by atoms with Gasteiger partial charge < -0.3 is 5.11 Å². The van der Waals surface area contributed by atoms with Crippen LogP contribution in [0.2, 0.25) is 5.15 Å². The summed E-state index contributed by atoms with van der Waals surface area (Å²) in [4.78, 5) is 14.8. The number of aromatic carboxylic acids is 1. The van der Waals surface area contributed by atoms with Crippen LogP contribution in [0.5, 0.6) is 0 Å². The molecule has 0 aromatic carbocycles. The fourth-order valence-electron chi connectivity index (χ4n) is 1.19. The monoisotopic (exact) mass is 199 g/mol. The van der Waals surface area contributed by atoms with E-state index in [1.165, 1.54) is 6.07 Å². The van der Waals surface area contributed by atoms with Gasteiger partial charge in [0.05, 0.1) is 5.56 Å². The van der Waals surface area contributed by atoms with Gasteiger partial charge in [-0.2, -0.15) is 0 Å². The van der Waals surface area contributed by atoms with Gasteiger partial charge in [-0.25, -0.2) is 9.78 Å². The molecule has 0 bridgehead atoms. The van der Waals surface area contributed by atoms with E-state index in [1.54, 1.807) is 6.92 Å². The molecule has 0 saturated carbocycles. The summed E-state index contributed by atoms with van der Waals surface area (Å²) in [5, 5.41) is 9.15. The maximum absolute atomic E-state index is 10.8. The van der Waals surface area contributed by atoms with E-state index in [-0.39, 0.29) is 5.56 Å². The van der Waals surface area contributed by atoms with Crippen LogP contribution in [0, 0.1) is 6.92 Å². The third-order valence-corrected chi connectivity index (χ3v) is 2.10. The standard InChI is InChI=1S/C9H10ClNO2/c1-3-6-7(9(12)13)4-5(2)11-8(6)10/h4H,3H2,1-2H3,(H,12,13). The predicted molar refractivity (Wildman–Crippen MR) is 50.3 cm³/mol. The number of carboxylic acids is 1. The summed E-state index contributed by atoms with van der Waals surface area (Å²) in [6.45, 7) is 3.57. The Labute approximate surface area is 81.4 Å². The average Bonchev–Trinajstić information content (AvgIpc) is 2.02. The second-order valence-corrected chi connectivity index (χ2v) is 3.10. The first-order valence-corrected chi connectivity index (χ1v) is 4.33. The van der Waals surface area contributed by atoms with Gasteiger partial charge in [-0.3, -0.25) is 0 Å². The number of hydrogen-bond donors (Lipinski definition) is 1. The number of pyridine rings is 1. The van der Waals surface area contributed by atoms with Crippen LogP contribution in [0.15, 0.2) is 6.07 Å². The Morgan fingerprint density at radius 3 is 2.77 bits per heavy atom. The maximum Gasteiger partial charge on any atom is 0.336 e. The molecule has 0 aliphatic carbocycles. The van der Waals surface area contributed by atoms with E-state index in [9.17, 15) is 4.79 Å². The fraction of sp³-hybridized carbons (Fsp3) is 0.333. The van der Waals surface area contributed by atoms with Gasteiger partial charge in [0, 0.05) is 11.3 Å².